The van der Waals surface area contributed by atoms with Gasteiger partial charge in [0.05, 0.1) is 16.8 Å². The Morgan fingerprint density at radius 3 is 2.40 bits per heavy atom. The van der Waals surface area contributed by atoms with Gasteiger partial charge in [-0.05, 0) is 93.3 Å². The zero-order valence-electron chi connectivity index (χ0n) is 26.6. The van der Waals surface area contributed by atoms with E-state index in [1.807, 2.05) is 13.8 Å². The van der Waals surface area contributed by atoms with Gasteiger partial charge >= 0.3 is 5.69 Å². The van der Waals surface area contributed by atoms with Crippen molar-refractivity contribution in [2.24, 2.45) is 7.05 Å². The molecule has 12 nitrogen and oxygen atoms in total. The molecule has 0 bridgehead atoms. The van der Waals surface area contributed by atoms with Crippen LogP contribution in [-0.4, -0.2) is 51.7 Å². The largest absolute Gasteiger partial charge is 0.355 e. The molecule has 3 amide bonds. The summed E-state index contributed by atoms with van der Waals surface area (Å²) in [4.78, 5) is 50.2. The summed E-state index contributed by atoms with van der Waals surface area (Å²) in [5.41, 5.74) is 3.38. The highest BCUT2D eigenvalue weighted by Crippen LogP contribution is 2.32. The summed E-state index contributed by atoms with van der Waals surface area (Å²) in [6.45, 7) is 4.45. The summed E-state index contributed by atoms with van der Waals surface area (Å²) in [5.74, 6) is -1.30. The number of hydrogen-bond acceptors (Lipinski definition) is 7. The molecular weight excluding hydrogens is 620 g/mol. The first-order valence-corrected chi connectivity index (χ1v) is 17.3. The number of rotatable bonds is 8. The zero-order valence-corrected chi connectivity index (χ0v) is 27.4. The van der Waals surface area contributed by atoms with Gasteiger partial charge < -0.3 is 10.6 Å². The molecule has 47 heavy (non-hydrogen) atoms. The molecule has 13 heteroatoms. The summed E-state index contributed by atoms with van der Waals surface area (Å²) in [6, 6.07) is 18.4. The summed E-state index contributed by atoms with van der Waals surface area (Å²) in [5, 5.41) is 8.46. The van der Waals surface area contributed by atoms with Crippen molar-refractivity contribution in [3.8, 4) is 0 Å². The molecule has 2 aliphatic heterocycles. The van der Waals surface area contributed by atoms with E-state index in [2.05, 4.69) is 16.0 Å². The van der Waals surface area contributed by atoms with Crippen molar-refractivity contribution in [1.82, 2.24) is 18.8 Å². The van der Waals surface area contributed by atoms with Crippen LogP contribution < -0.4 is 21.6 Å². The molecule has 3 N–H and O–H groups in total. The number of aromatic nitrogens is 2. The van der Waals surface area contributed by atoms with Crippen LogP contribution >= 0.6 is 0 Å². The lowest BCUT2D eigenvalue weighted by molar-refractivity contribution is -0.135. The number of nitrogens with zero attached hydrogens (tertiary/aromatic N) is 3. The zero-order chi connectivity index (χ0) is 33.5. The first-order valence-electron chi connectivity index (χ1n) is 15.6. The Bertz CT molecular complexity index is 2050. The normalized spacial score (nSPS) is 18.6. The summed E-state index contributed by atoms with van der Waals surface area (Å²) in [7, 11) is -1.90. The minimum atomic E-state index is -3.53. The number of carbonyl (C=O) groups excluding carboxylic acids is 3. The van der Waals surface area contributed by atoms with Crippen molar-refractivity contribution >= 4 is 55.8 Å². The van der Waals surface area contributed by atoms with Crippen molar-refractivity contribution in [2.45, 2.75) is 63.3 Å². The molecule has 1 unspecified atom stereocenters. The van der Waals surface area contributed by atoms with E-state index in [9.17, 15) is 27.6 Å². The van der Waals surface area contributed by atoms with Crippen LogP contribution in [0.5, 0.6) is 0 Å². The van der Waals surface area contributed by atoms with E-state index in [0.717, 1.165) is 19.3 Å². The second kappa shape index (κ2) is 12.5. The third-order valence-electron chi connectivity index (χ3n) is 8.99. The molecule has 2 aliphatic rings. The third kappa shape index (κ3) is 6.58. The molecule has 3 aromatic carbocycles. The predicted octanol–water partition coefficient (Wildman–Crippen LogP) is 4.41. The van der Waals surface area contributed by atoms with E-state index >= 15 is 0 Å². The molecule has 4 aromatic rings. The van der Waals surface area contributed by atoms with E-state index in [4.69, 9.17) is 0 Å². The first-order chi connectivity index (χ1) is 22.3. The van der Waals surface area contributed by atoms with E-state index in [0.29, 0.717) is 45.8 Å². The Kier molecular flexibility index (Phi) is 8.53. The predicted molar refractivity (Wildman–Crippen MR) is 180 cm³/mol. The maximum absolute atomic E-state index is 13.3. The smallest absolute Gasteiger partial charge is 0.329 e. The summed E-state index contributed by atoms with van der Waals surface area (Å²) < 4.78 is 31.0. The highest BCUT2D eigenvalue weighted by atomic mass is 32.2. The van der Waals surface area contributed by atoms with Crippen LogP contribution in [-0.2, 0) is 32.4 Å². The van der Waals surface area contributed by atoms with E-state index < -0.39 is 27.5 Å². The van der Waals surface area contributed by atoms with Gasteiger partial charge in [-0.3, -0.25) is 28.8 Å². The van der Waals surface area contributed by atoms with Gasteiger partial charge in [0.2, 0.25) is 21.8 Å². The molecule has 2 fully saturated rings. The van der Waals surface area contributed by atoms with Crippen LogP contribution in [0.15, 0.2) is 71.5 Å². The van der Waals surface area contributed by atoms with Crippen LogP contribution in [0.1, 0.15) is 67.9 Å². The topological polar surface area (TPSA) is 152 Å². The van der Waals surface area contributed by atoms with Crippen LogP contribution in [0.25, 0.3) is 11.0 Å². The van der Waals surface area contributed by atoms with Crippen molar-refractivity contribution in [2.75, 3.05) is 17.2 Å². The number of imidazole rings is 1. The number of anilines is 3. The van der Waals surface area contributed by atoms with E-state index in [1.54, 1.807) is 78.1 Å². The van der Waals surface area contributed by atoms with Crippen molar-refractivity contribution < 1.29 is 22.8 Å². The van der Waals surface area contributed by atoms with Crippen molar-refractivity contribution in [3.05, 3.63) is 88.3 Å². The number of fused-ring (bicyclic) bond motifs is 1. The Morgan fingerprint density at radius 1 is 0.936 bits per heavy atom. The lowest BCUT2D eigenvalue weighted by Gasteiger charge is -2.41. The number of aryl methyl sites for hydroxylation is 1. The molecule has 3 heterocycles. The molecule has 1 aromatic heterocycles. The first kappa shape index (κ1) is 32.2. The monoisotopic (exact) mass is 658 g/mol. The van der Waals surface area contributed by atoms with Gasteiger partial charge in [0.25, 0.3) is 5.91 Å². The van der Waals surface area contributed by atoms with Crippen molar-refractivity contribution in [1.29, 1.82) is 0 Å². The second-order valence-electron chi connectivity index (χ2n) is 12.8. The minimum Gasteiger partial charge on any atom is -0.355 e. The van der Waals surface area contributed by atoms with Crippen LogP contribution in [0.2, 0.25) is 0 Å². The fraction of sp³-hybridized carbons (Fsp3) is 0.353. The molecule has 246 valence electrons. The van der Waals surface area contributed by atoms with Crippen LogP contribution in [0.4, 0.5) is 17.1 Å². The molecule has 2 saturated heterocycles. The molecule has 0 radical (unpaired) electrons. The summed E-state index contributed by atoms with van der Waals surface area (Å²) in [6.07, 6.45) is 3.12. The molecule has 0 spiro atoms. The van der Waals surface area contributed by atoms with Gasteiger partial charge in [0.1, 0.15) is 6.04 Å². The Labute approximate surface area is 272 Å². The SMILES string of the molecule is Cn1c(=O)n(C2CCC(=O)NC2=O)c2ccc(Nc3ccc(C(=O)Nc4cccc(CS(=O)(=O)N5CCCCC5(C)C)c4)cc3)cc21. The average molecular weight is 659 g/mol. The number of sulfonamides is 1. The number of carbonyl (C=O) groups is 3. The lowest BCUT2D eigenvalue weighted by Crippen LogP contribution is -2.50. The molecular formula is C34H38N6O6S. The van der Waals surface area contributed by atoms with E-state index in [-0.39, 0.29) is 36.1 Å². The molecule has 0 aliphatic carbocycles. The Balaban J connectivity index is 1.12. The summed E-state index contributed by atoms with van der Waals surface area (Å²) >= 11 is 0. The number of imide groups is 1. The van der Waals surface area contributed by atoms with Gasteiger partial charge in [-0.1, -0.05) is 18.6 Å². The van der Waals surface area contributed by atoms with Gasteiger partial charge in [-0.15, -0.1) is 0 Å². The number of piperidine rings is 2. The molecule has 6 rings (SSSR count). The highest BCUT2D eigenvalue weighted by molar-refractivity contribution is 7.88. The third-order valence-corrected chi connectivity index (χ3v) is 11.0. The number of hydrogen-bond donors (Lipinski definition) is 3. The standard InChI is InChI=1S/C34H38N6O6S/c1-34(2)17-4-5-18-39(34)47(45,46)21-22-7-6-8-25(19-22)36-31(42)23-9-11-24(12-10-23)35-26-13-14-27-29(20-26)38(3)33(44)40(27)28-15-16-30(41)37-32(28)43/h6-14,19-20,28,35H,4-5,15-18,21H2,1-3H3,(H,36,42)(H,37,41,43). The maximum atomic E-state index is 13.3. The molecule has 0 saturated carbocycles. The molecule has 1 atom stereocenters. The van der Waals surface area contributed by atoms with Gasteiger partial charge in [-0.2, -0.15) is 4.31 Å². The lowest BCUT2D eigenvalue weighted by atomic mass is 9.93. The fourth-order valence-electron chi connectivity index (χ4n) is 6.53. The number of benzene rings is 3. The van der Waals surface area contributed by atoms with Crippen LogP contribution in [0.3, 0.4) is 0 Å². The quantitative estimate of drug-likeness (QED) is 0.237. The van der Waals surface area contributed by atoms with E-state index in [1.165, 1.54) is 9.13 Å². The van der Waals surface area contributed by atoms with Gasteiger partial charge in [0.15, 0.2) is 0 Å². The Morgan fingerprint density at radius 2 is 1.68 bits per heavy atom. The number of amides is 3. The number of nitrogens with one attached hydrogen (secondary N) is 3. The van der Waals surface area contributed by atoms with Crippen LogP contribution in [0, 0.1) is 0 Å². The Hall–Kier alpha value is -4.75. The highest BCUT2D eigenvalue weighted by Gasteiger charge is 2.38. The second-order valence-corrected chi connectivity index (χ2v) is 14.7. The maximum Gasteiger partial charge on any atom is 0.329 e. The average Bonchev–Trinajstić information content (AvgIpc) is 3.26. The minimum absolute atomic E-state index is 0.137. The van der Waals surface area contributed by atoms with Crippen molar-refractivity contribution in [3.63, 3.8) is 0 Å². The van der Waals surface area contributed by atoms with Gasteiger partial charge in [-0.25, -0.2) is 13.2 Å². The fourth-order valence-corrected chi connectivity index (χ4v) is 8.54. The van der Waals surface area contributed by atoms with Gasteiger partial charge in [0, 0.05) is 48.2 Å².